The maximum absolute atomic E-state index is 11.3. The monoisotopic (exact) mass is 334 g/mol. The average molecular weight is 335 g/mol. The fourth-order valence-corrected chi connectivity index (χ4v) is 2.36. The molecule has 116 valence electrons. The molecule has 0 aliphatic carbocycles. The van der Waals surface area contributed by atoms with Crippen molar-refractivity contribution in [2.45, 2.75) is 24.7 Å². The topological polar surface area (TPSA) is 116 Å². The summed E-state index contributed by atoms with van der Waals surface area (Å²) in [5.74, 6) is -0.433. The van der Waals surface area contributed by atoms with Gasteiger partial charge < -0.3 is 10.5 Å². The van der Waals surface area contributed by atoms with Crippen LogP contribution in [0.1, 0.15) is 25.3 Å². The Kier molecular flexibility index (Phi) is 5.56. The van der Waals surface area contributed by atoms with E-state index in [1.165, 1.54) is 18.2 Å². The predicted octanol–water partition coefficient (Wildman–Crippen LogP) is 1.31. The Morgan fingerprint density at radius 3 is 2.48 bits per heavy atom. The van der Waals surface area contributed by atoms with Crippen LogP contribution in [0, 0.1) is 0 Å². The van der Waals surface area contributed by atoms with E-state index in [4.69, 9.17) is 21.2 Å². The molecule has 0 aromatic heterocycles. The van der Waals surface area contributed by atoms with E-state index in [1.807, 2.05) is 19.2 Å². The highest BCUT2D eigenvalue weighted by molar-refractivity contribution is 8.13. The Balaban J connectivity index is 2.97. The normalized spacial score (nSPS) is 11.2. The number of halogens is 1. The van der Waals surface area contributed by atoms with Crippen LogP contribution in [0.4, 0.5) is 4.79 Å². The van der Waals surface area contributed by atoms with Crippen molar-refractivity contribution >= 4 is 31.7 Å². The van der Waals surface area contributed by atoms with E-state index in [0.29, 0.717) is 11.3 Å². The number of carbonyl (C=O) groups is 2. The number of nitrogens with two attached hydrogens (primary N) is 1. The van der Waals surface area contributed by atoms with E-state index in [2.05, 4.69) is 0 Å². The van der Waals surface area contributed by atoms with E-state index in [-0.39, 0.29) is 10.8 Å². The van der Waals surface area contributed by atoms with Gasteiger partial charge in [-0.25, -0.2) is 13.2 Å². The second-order valence-corrected chi connectivity index (χ2v) is 7.06. The summed E-state index contributed by atoms with van der Waals surface area (Å²) in [6, 6.07) is 3.09. The third-order valence-corrected chi connectivity index (χ3v) is 3.86. The standard InChI is InChI=1S/C12H15ClN2O5S/c1-7(2)9-5-8(21(13,18)19)3-4-10(9)20-6-11(16)15-12(14)17/h3-5,7H,6H2,1-2H3,(H3,14,15,16,17). The quantitative estimate of drug-likeness (QED) is 0.788. The van der Waals surface area contributed by atoms with Crippen molar-refractivity contribution in [1.82, 2.24) is 5.32 Å². The Morgan fingerprint density at radius 1 is 1.38 bits per heavy atom. The number of hydrogen-bond donors (Lipinski definition) is 2. The zero-order valence-electron chi connectivity index (χ0n) is 11.4. The van der Waals surface area contributed by atoms with Crippen LogP contribution in [0.25, 0.3) is 0 Å². The third-order valence-electron chi connectivity index (χ3n) is 2.51. The lowest BCUT2D eigenvalue weighted by molar-refractivity contribution is -0.121. The maximum atomic E-state index is 11.3. The second kappa shape index (κ2) is 6.77. The molecule has 0 unspecified atom stereocenters. The van der Waals surface area contributed by atoms with Crippen molar-refractivity contribution < 1.29 is 22.7 Å². The summed E-state index contributed by atoms with van der Waals surface area (Å²) in [6.07, 6.45) is 0. The summed E-state index contributed by atoms with van der Waals surface area (Å²) >= 11 is 0. The van der Waals surface area contributed by atoms with Gasteiger partial charge in [0.15, 0.2) is 6.61 Å². The third kappa shape index (κ3) is 5.24. The SMILES string of the molecule is CC(C)c1cc(S(=O)(=O)Cl)ccc1OCC(=O)NC(N)=O. The summed E-state index contributed by atoms with van der Waals surface area (Å²) in [5.41, 5.74) is 5.37. The zero-order valence-corrected chi connectivity index (χ0v) is 13.0. The second-order valence-electron chi connectivity index (χ2n) is 4.49. The highest BCUT2D eigenvalue weighted by Gasteiger charge is 2.16. The molecule has 7 nitrogen and oxygen atoms in total. The van der Waals surface area contributed by atoms with Gasteiger partial charge in [0.05, 0.1) is 4.90 Å². The van der Waals surface area contributed by atoms with Crippen LogP contribution in [0.3, 0.4) is 0 Å². The van der Waals surface area contributed by atoms with Crippen molar-refractivity contribution in [3.05, 3.63) is 23.8 Å². The number of imide groups is 1. The van der Waals surface area contributed by atoms with Crippen LogP contribution in [-0.4, -0.2) is 27.0 Å². The largest absolute Gasteiger partial charge is 0.483 e. The summed E-state index contributed by atoms with van der Waals surface area (Å²) < 4.78 is 27.9. The molecule has 0 spiro atoms. The van der Waals surface area contributed by atoms with Crippen LogP contribution < -0.4 is 15.8 Å². The summed E-state index contributed by atoms with van der Waals surface area (Å²) in [5, 5.41) is 1.86. The van der Waals surface area contributed by atoms with Crippen molar-refractivity contribution in [3.8, 4) is 5.75 Å². The Bertz CT molecular complexity index is 658. The zero-order chi connectivity index (χ0) is 16.2. The summed E-state index contributed by atoms with van der Waals surface area (Å²) in [7, 11) is 1.44. The van der Waals surface area contributed by atoms with E-state index in [1.54, 1.807) is 0 Å². The van der Waals surface area contributed by atoms with Crippen molar-refractivity contribution in [1.29, 1.82) is 0 Å². The number of carbonyl (C=O) groups excluding carboxylic acids is 2. The van der Waals surface area contributed by atoms with Gasteiger partial charge in [-0.1, -0.05) is 13.8 Å². The highest BCUT2D eigenvalue weighted by atomic mass is 35.7. The molecule has 1 rings (SSSR count). The minimum Gasteiger partial charge on any atom is -0.483 e. The molecule has 0 radical (unpaired) electrons. The fraction of sp³-hybridized carbons (Fsp3) is 0.333. The molecule has 0 fully saturated rings. The smallest absolute Gasteiger partial charge is 0.318 e. The van der Waals surface area contributed by atoms with Crippen LogP contribution in [0.15, 0.2) is 23.1 Å². The van der Waals surface area contributed by atoms with Gasteiger partial charge in [-0.15, -0.1) is 0 Å². The first-order valence-electron chi connectivity index (χ1n) is 5.92. The predicted molar refractivity (Wildman–Crippen MR) is 76.8 cm³/mol. The first-order valence-corrected chi connectivity index (χ1v) is 8.23. The summed E-state index contributed by atoms with van der Waals surface area (Å²) in [4.78, 5) is 21.7. The van der Waals surface area contributed by atoms with Gasteiger partial charge >= 0.3 is 6.03 Å². The lowest BCUT2D eigenvalue weighted by Crippen LogP contribution is -2.38. The number of nitrogens with one attached hydrogen (secondary N) is 1. The molecule has 1 aromatic rings. The first kappa shape index (κ1) is 17.3. The molecule has 21 heavy (non-hydrogen) atoms. The van der Waals surface area contributed by atoms with E-state index >= 15 is 0 Å². The van der Waals surface area contributed by atoms with Crippen LogP contribution >= 0.6 is 10.7 Å². The number of rotatable bonds is 5. The lowest BCUT2D eigenvalue weighted by atomic mass is 10.0. The number of ether oxygens (including phenoxy) is 1. The Labute approximate surface area is 126 Å². The molecule has 0 saturated carbocycles. The number of benzene rings is 1. The van der Waals surface area contributed by atoms with Gasteiger partial charge in [-0.05, 0) is 29.7 Å². The fourth-order valence-electron chi connectivity index (χ4n) is 1.58. The van der Waals surface area contributed by atoms with Crippen molar-refractivity contribution in [3.63, 3.8) is 0 Å². The van der Waals surface area contributed by atoms with Crippen molar-refractivity contribution in [2.24, 2.45) is 5.73 Å². The van der Waals surface area contributed by atoms with Gasteiger partial charge in [0.1, 0.15) is 5.75 Å². The molecule has 0 aliphatic rings. The molecule has 3 amide bonds. The Morgan fingerprint density at radius 2 is 2.00 bits per heavy atom. The maximum Gasteiger partial charge on any atom is 0.318 e. The molecule has 9 heteroatoms. The van der Waals surface area contributed by atoms with Gasteiger partial charge in [-0.2, -0.15) is 0 Å². The molecule has 0 aliphatic heterocycles. The number of urea groups is 1. The molecular weight excluding hydrogens is 320 g/mol. The number of hydrogen-bond acceptors (Lipinski definition) is 5. The molecule has 0 saturated heterocycles. The van der Waals surface area contributed by atoms with E-state index < -0.39 is 27.6 Å². The molecule has 0 atom stereocenters. The van der Waals surface area contributed by atoms with Gasteiger partial charge in [0.25, 0.3) is 15.0 Å². The van der Waals surface area contributed by atoms with Crippen molar-refractivity contribution in [2.75, 3.05) is 6.61 Å². The van der Waals surface area contributed by atoms with Crippen LogP contribution in [-0.2, 0) is 13.8 Å². The molecule has 3 N–H and O–H groups in total. The number of amides is 3. The van der Waals surface area contributed by atoms with E-state index in [9.17, 15) is 18.0 Å². The van der Waals surface area contributed by atoms with Crippen LogP contribution in [0.5, 0.6) is 5.75 Å². The lowest BCUT2D eigenvalue weighted by Gasteiger charge is -2.14. The minimum atomic E-state index is -3.85. The highest BCUT2D eigenvalue weighted by Crippen LogP contribution is 2.30. The summed E-state index contributed by atoms with van der Waals surface area (Å²) in [6.45, 7) is 3.24. The van der Waals surface area contributed by atoms with E-state index in [0.717, 1.165) is 0 Å². The first-order chi connectivity index (χ1) is 9.61. The van der Waals surface area contributed by atoms with Gasteiger partial charge in [0, 0.05) is 10.7 Å². The molecule has 0 bridgehead atoms. The van der Waals surface area contributed by atoms with Gasteiger partial charge in [0.2, 0.25) is 0 Å². The minimum absolute atomic E-state index is 0.0539. The van der Waals surface area contributed by atoms with Crippen LogP contribution in [0.2, 0.25) is 0 Å². The number of primary amides is 1. The molecule has 0 heterocycles. The molecular formula is C12H15ClN2O5S. The average Bonchev–Trinajstić information content (AvgIpc) is 2.34. The Hall–Kier alpha value is -1.80. The van der Waals surface area contributed by atoms with Gasteiger partial charge in [-0.3, -0.25) is 10.1 Å². The molecule has 1 aromatic carbocycles.